The maximum absolute atomic E-state index is 11.5. The van der Waals surface area contributed by atoms with E-state index in [1.807, 2.05) is 60.6 Å². The molecule has 161 valence electrons. The van der Waals surface area contributed by atoms with E-state index in [1.165, 1.54) is 17.2 Å². The Hall–Kier alpha value is -1.77. The van der Waals surface area contributed by atoms with Gasteiger partial charge in [0.05, 0.1) is 0 Å². The molecule has 1 N–H and O–H groups in total. The molecule has 0 spiro atoms. The van der Waals surface area contributed by atoms with Crippen LogP contribution in [0.1, 0.15) is 58.4 Å². The number of carbonyl (C=O) groups excluding carboxylic acids is 1. The number of pyridine rings is 1. The first-order chi connectivity index (χ1) is 12.7. The SMILES string of the molecule is CC(C)(C)C(=O)/C=C(\O)C(C)(C)C.Cc1cc[c-]c(-c2cc(C)cc(C)n2)c1.[Ir]. The van der Waals surface area contributed by atoms with Crippen LogP contribution in [0.3, 0.4) is 0 Å². The molecule has 4 heteroatoms. The maximum atomic E-state index is 11.5. The van der Waals surface area contributed by atoms with Gasteiger partial charge in [0.25, 0.3) is 0 Å². The fourth-order valence-electron chi connectivity index (χ4n) is 2.26. The number of aryl methyl sites for hydroxylation is 3. The zero-order chi connectivity index (χ0) is 21.7. The van der Waals surface area contributed by atoms with Gasteiger partial charge in [-0.1, -0.05) is 60.1 Å². The second-order valence-corrected chi connectivity index (χ2v) is 9.34. The summed E-state index contributed by atoms with van der Waals surface area (Å²) in [6.07, 6.45) is 1.33. The van der Waals surface area contributed by atoms with Crippen molar-refractivity contribution in [3.8, 4) is 11.3 Å². The standard InChI is InChI=1S/C14H14N.C11H20O2.Ir/c1-10-5-4-6-13(8-10)14-9-11(2)7-12(3)15-14;1-10(2,3)8(12)7-9(13)11(4,5)6;/h4-5,7-9H,1-3H3;7,12H,1-6H3;/q-1;;/b;8-7-;. The quantitative estimate of drug-likeness (QED) is 0.252. The second kappa shape index (κ2) is 10.8. The van der Waals surface area contributed by atoms with E-state index in [4.69, 9.17) is 0 Å². The zero-order valence-corrected chi connectivity index (χ0v) is 21.5. The third-order valence-electron chi connectivity index (χ3n) is 4.11. The minimum absolute atomic E-state index is 0. The first-order valence-electron chi connectivity index (χ1n) is 9.60. The molecule has 1 aromatic carbocycles. The van der Waals surface area contributed by atoms with Crippen molar-refractivity contribution >= 4 is 5.78 Å². The van der Waals surface area contributed by atoms with Crippen LogP contribution < -0.4 is 0 Å². The third kappa shape index (κ3) is 9.51. The molecule has 0 aliphatic carbocycles. The van der Waals surface area contributed by atoms with E-state index in [9.17, 15) is 9.90 Å². The van der Waals surface area contributed by atoms with E-state index < -0.39 is 5.41 Å². The second-order valence-electron chi connectivity index (χ2n) is 9.34. The molecular formula is C25H34IrNO2-. The summed E-state index contributed by atoms with van der Waals surface area (Å²) in [5.74, 6) is 0.104. The van der Waals surface area contributed by atoms with Crippen LogP contribution in [0.4, 0.5) is 0 Å². The summed E-state index contributed by atoms with van der Waals surface area (Å²) in [7, 11) is 0. The summed E-state index contributed by atoms with van der Waals surface area (Å²) in [5, 5.41) is 9.56. The number of carbonyl (C=O) groups is 1. The van der Waals surface area contributed by atoms with Gasteiger partial charge in [-0.05, 0) is 25.6 Å². The Morgan fingerprint density at radius 3 is 2.00 bits per heavy atom. The van der Waals surface area contributed by atoms with Crippen molar-refractivity contribution < 1.29 is 30.0 Å². The smallest absolute Gasteiger partial charge is 0.164 e. The molecule has 0 aliphatic heterocycles. The molecule has 0 amide bonds. The molecule has 0 aliphatic rings. The summed E-state index contributed by atoms with van der Waals surface area (Å²) in [6.45, 7) is 17.3. The van der Waals surface area contributed by atoms with Crippen LogP contribution in [-0.4, -0.2) is 15.9 Å². The fourth-order valence-corrected chi connectivity index (χ4v) is 2.26. The summed E-state index contributed by atoms with van der Waals surface area (Å²) < 4.78 is 0. The number of hydrogen-bond acceptors (Lipinski definition) is 3. The van der Waals surface area contributed by atoms with Crippen LogP contribution in [0.25, 0.3) is 11.3 Å². The van der Waals surface area contributed by atoms with E-state index in [0.29, 0.717) is 0 Å². The Bertz CT molecular complexity index is 836. The fraction of sp³-hybridized carbons (Fsp3) is 0.440. The largest absolute Gasteiger partial charge is 0.512 e. The van der Waals surface area contributed by atoms with Gasteiger partial charge in [0.1, 0.15) is 5.76 Å². The van der Waals surface area contributed by atoms with Crippen molar-refractivity contribution in [3.05, 3.63) is 65.1 Å². The van der Waals surface area contributed by atoms with E-state index >= 15 is 0 Å². The van der Waals surface area contributed by atoms with Crippen molar-refractivity contribution in [2.45, 2.75) is 62.3 Å². The molecule has 0 bridgehead atoms. The zero-order valence-electron chi connectivity index (χ0n) is 19.1. The molecule has 3 nitrogen and oxygen atoms in total. The van der Waals surface area contributed by atoms with Crippen molar-refractivity contribution in [3.63, 3.8) is 0 Å². The van der Waals surface area contributed by atoms with Gasteiger partial charge in [-0.3, -0.25) is 4.79 Å². The molecule has 1 radical (unpaired) electrons. The van der Waals surface area contributed by atoms with Gasteiger partial charge in [0.2, 0.25) is 0 Å². The number of aliphatic hydroxyl groups excluding tert-OH is 1. The molecule has 0 unspecified atom stereocenters. The predicted octanol–water partition coefficient (Wildman–Crippen LogP) is 6.56. The maximum Gasteiger partial charge on any atom is 0.164 e. The Morgan fingerprint density at radius 2 is 1.55 bits per heavy atom. The number of allylic oxidation sites excluding steroid dienone is 2. The van der Waals surface area contributed by atoms with Crippen molar-refractivity contribution in [2.75, 3.05) is 0 Å². The monoisotopic (exact) mass is 573 g/mol. The Kier molecular flexibility index (Phi) is 10.2. The average molecular weight is 573 g/mol. The summed E-state index contributed by atoms with van der Waals surface area (Å²) in [4.78, 5) is 16.0. The third-order valence-corrected chi connectivity index (χ3v) is 4.11. The van der Waals surface area contributed by atoms with E-state index in [2.05, 4.69) is 43.1 Å². The molecule has 29 heavy (non-hydrogen) atoms. The number of hydrogen-bond donors (Lipinski definition) is 1. The van der Waals surface area contributed by atoms with Gasteiger partial charge in [-0.25, -0.2) is 0 Å². The normalized spacial score (nSPS) is 11.8. The summed E-state index contributed by atoms with van der Waals surface area (Å²) in [5.41, 5.74) is 4.86. The van der Waals surface area contributed by atoms with Crippen LogP contribution >= 0.6 is 0 Å². The number of aliphatic hydroxyl groups is 1. The minimum Gasteiger partial charge on any atom is -0.512 e. The van der Waals surface area contributed by atoms with Gasteiger partial charge in [-0.15, -0.1) is 35.4 Å². The molecule has 0 atom stereocenters. The number of benzene rings is 1. The van der Waals surface area contributed by atoms with E-state index in [1.54, 1.807) is 0 Å². The Balaban J connectivity index is 0.000000530. The van der Waals surface area contributed by atoms with Gasteiger partial charge >= 0.3 is 0 Å². The number of ketones is 1. The van der Waals surface area contributed by atoms with Gasteiger partial charge in [-0.2, -0.15) is 0 Å². The van der Waals surface area contributed by atoms with Gasteiger partial charge < -0.3 is 10.1 Å². The first kappa shape index (κ1) is 27.2. The van der Waals surface area contributed by atoms with Crippen LogP contribution in [0, 0.1) is 37.7 Å². The van der Waals surface area contributed by atoms with Crippen molar-refractivity contribution in [1.82, 2.24) is 4.98 Å². The molecule has 0 saturated carbocycles. The van der Waals surface area contributed by atoms with Gasteiger partial charge in [0, 0.05) is 42.7 Å². The van der Waals surface area contributed by atoms with Crippen LogP contribution in [-0.2, 0) is 24.9 Å². The number of rotatable bonds is 2. The molecule has 0 saturated heterocycles. The number of nitrogens with zero attached hydrogens (tertiary/aromatic N) is 1. The minimum atomic E-state index is -0.417. The molecule has 2 rings (SSSR count). The molecular weight excluding hydrogens is 538 g/mol. The van der Waals surface area contributed by atoms with E-state index in [0.717, 1.165) is 17.0 Å². The topological polar surface area (TPSA) is 50.2 Å². The molecule has 0 fully saturated rings. The first-order valence-corrected chi connectivity index (χ1v) is 9.60. The van der Waals surface area contributed by atoms with Crippen LogP contribution in [0.5, 0.6) is 0 Å². The number of aromatic nitrogens is 1. The van der Waals surface area contributed by atoms with Crippen LogP contribution in [0.2, 0.25) is 0 Å². The summed E-state index contributed by atoms with van der Waals surface area (Å²) in [6, 6.07) is 13.5. The molecule has 1 aromatic heterocycles. The average Bonchev–Trinajstić information content (AvgIpc) is 2.52. The van der Waals surface area contributed by atoms with Crippen LogP contribution in [0.15, 0.2) is 42.2 Å². The molecule has 1 heterocycles. The van der Waals surface area contributed by atoms with Crippen molar-refractivity contribution in [2.24, 2.45) is 10.8 Å². The Morgan fingerprint density at radius 1 is 0.966 bits per heavy atom. The van der Waals surface area contributed by atoms with Gasteiger partial charge in [0.15, 0.2) is 5.78 Å². The van der Waals surface area contributed by atoms with E-state index in [-0.39, 0.29) is 37.1 Å². The Labute approximate surface area is 190 Å². The molecule has 2 aromatic rings. The predicted molar refractivity (Wildman–Crippen MR) is 117 cm³/mol. The van der Waals surface area contributed by atoms with Crippen molar-refractivity contribution in [1.29, 1.82) is 0 Å². The summed E-state index contributed by atoms with van der Waals surface area (Å²) >= 11 is 0.